The van der Waals surface area contributed by atoms with E-state index in [1.54, 1.807) is 0 Å². The van der Waals surface area contributed by atoms with Crippen molar-refractivity contribution in [3.63, 3.8) is 0 Å². The van der Waals surface area contributed by atoms with Crippen LogP contribution in [-0.2, 0) is 0 Å². The minimum atomic E-state index is 0. The molecule has 152 valence electrons. The van der Waals surface area contributed by atoms with Crippen LogP contribution in [0.4, 0.5) is 0 Å². The third-order valence-corrected chi connectivity index (χ3v) is 5.90. The van der Waals surface area contributed by atoms with E-state index in [0.29, 0.717) is 18.0 Å². The van der Waals surface area contributed by atoms with Gasteiger partial charge in [0.2, 0.25) is 0 Å². The van der Waals surface area contributed by atoms with Crippen LogP contribution in [0.3, 0.4) is 0 Å². The number of benzene rings is 1. The Bertz CT molecular complexity index is 583. The van der Waals surface area contributed by atoms with Crippen molar-refractivity contribution in [3.8, 4) is 0 Å². The summed E-state index contributed by atoms with van der Waals surface area (Å²) in [6.45, 7) is 10.7. The van der Waals surface area contributed by atoms with Gasteiger partial charge < -0.3 is 11.1 Å². The summed E-state index contributed by atoms with van der Waals surface area (Å²) in [5.41, 5.74) is 8.84. The number of hydrogen-bond acceptors (Lipinski definition) is 3. The van der Waals surface area contributed by atoms with Gasteiger partial charge in [0.1, 0.15) is 0 Å². The Kier molecular flexibility index (Phi) is 9.32. The normalized spacial score (nSPS) is 22.6. The van der Waals surface area contributed by atoms with E-state index in [1.807, 2.05) is 0 Å². The Balaban J connectivity index is 0.00000261. The van der Waals surface area contributed by atoms with Crippen molar-refractivity contribution in [3.05, 3.63) is 35.4 Å². The fraction of sp³-hybridized carbons (Fsp3) is 0.667. The molecule has 0 aliphatic carbocycles. The number of aliphatic imine (C=N–C) groups is 1. The molecule has 2 atom stereocenters. The zero-order valence-corrected chi connectivity index (χ0v) is 19.2. The van der Waals surface area contributed by atoms with Crippen molar-refractivity contribution >= 4 is 29.9 Å². The molecule has 2 aliphatic rings. The first-order valence-electron chi connectivity index (χ1n) is 10.3. The maximum Gasteiger partial charge on any atom is 0.188 e. The highest BCUT2D eigenvalue weighted by molar-refractivity contribution is 14.0. The van der Waals surface area contributed by atoms with Crippen molar-refractivity contribution in [1.29, 1.82) is 0 Å². The smallest absolute Gasteiger partial charge is 0.188 e. The molecule has 0 spiro atoms. The quantitative estimate of drug-likeness (QED) is 0.354. The Hall–Kier alpha value is -0.860. The second-order valence-corrected chi connectivity index (χ2v) is 7.70. The van der Waals surface area contributed by atoms with Crippen molar-refractivity contribution < 1.29 is 0 Å². The minimum absolute atomic E-state index is 0. The first-order chi connectivity index (χ1) is 12.7. The molecule has 0 bridgehead atoms. The van der Waals surface area contributed by atoms with E-state index in [9.17, 15) is 0 Å². The van der Waals surface area contributed by atoms with Gasteiger partial charge in [-0.1, -0.05) is 36.8 Å². The lowest BCUT2D eigenvalue weighted by Gasteiger charge is -2.27. The highest BCUT2D eigenvalue weighted by atomic mass is 127. The van der Waals surface area contributed by atoms with Gasteiger partial charge in [-0.05, 0) is 64.3 Å². The fourth-order valence-electron chi connectivity index (χ4n) is 4.28. The van der Waals surface area contributed by atoms with Crippen LogP contribution in [0.15, 0.2) is 29.3 Å². The van der Waals surface area contributed by atoms with E-state index in [0.717, 1.165) is 32.7 Å². The van der Waals surface area contributed by atoms with Crippen molar-refractivity contribution in [2.24, 2.45) is 10.7 Å². The van der Waals surface area contributed by atoms with Crippen LogP contribution < -0.4 is 11.1 Å². The average molecular weight is 485 g/mol. The maximum absolute atomic E-state index is 6.19. The van der Waals surface area contributed by atoms with Crippen molar-refractivity contribution in [1.82, 2.24) is 15.1 Å². The van der Waals surface area contributed by atoms with Crippen molar-refractivity contribution in [2.75, 3.05) is 39.3 Å². The van der Waals surface area contributed by atoms with Gasteiger partial charge in [-0.2, -0.15) is 0 Å². The molecule has 0 radical (unpaired) electrons. The standard InChI is InChI=1S/C21H35N5.HI/c1-3-25-14-6-7-19(25)15-23-21(22)24-16-20(26-12-4-5-13-26)18-10-8-17(2)9-11-18;/h8-11,19-20H,3-7,12-16H2,1-2H3,(H3,22,23,24);1H. The van der Waals surface area contributed by atoms with Gasteiger partial charge in [0, 0.05) is 12.6 Å². The summed E-state index contributed by atoms with van der Waals surface area (Å²) in [6.07, 6.45) is 5.12. The molecular formula is C21H36IN5. The Morgan fingerprint density at radius 2 is 1.89 bits per heavy atom. The summed E-state index contributed by atoms with van der Waals surface area (Å²) >= 11 is 0. The van der Waals surface area contributed by atoms with Gasteiger partial charge in [0.05, 0.1) is 12.6 Å². The summed E-state index contributed by atoms with van der Waals surface area (Å²) in [6, 6.07) is 9.81. The highest BCUT2D eigenvalue weighted by Gasteiger charge is 2.24. The van der Waals surface area contributed by atoms with Crippen LogP contribution in [-0.4, -0.2) is 61.1 Å². The number of halogens is 1. The topological polar surface area (TPSA) is 56.9 Å². The molecule has 0 saturated carbocycles. The van der Waals surface area contributed by atoms with Crippen LogP contribution in [0.2, 0.25) is 0 Å². The fourth-order valence-corrected chi connectivity index (χ4v) is 4.28. The van der Waals surface area contributed by atoms with E-state index in [4.69, 9.17) is 10.7 Å². The van der Waals surface area contributed by atoms with Crippen LogP contribution in [0.1, 0.15) is 49.8 Å². The average Bonchev–Trinajstić information content (AvgIpc) is 3.33. The molecule has 2 aliphatic heterocycles. The number of likely N-dealkylation sites (N-methyl/N-ethyl adjacent to an activating group) is 1. The number of nitrogens with zero attached hydrogens (tertiary/aromatic N) is 3. The summed E-state index contributed by atoms with van der Waals surface area (Å²) in [7, 11) is 0. The van der Waals surface area contributed by atoms with Gasteiger partial charge in [-0.15, -0.1) is 24.0 Å². The van der Waals surface area contributed by atoms with E-state index in [2.05, 4.69) is 53.2 Å². The zero-order chi connectivity index (χ0) is 18.4. The molecule has 2 fully saturated rings. The first kappa shape index (κ1) is 22.4. The van der Waals surface area contributed by atoms with Crippen molar-refractivity contribution in [2.45, 2.75) is 51.6 Å². The second kappa shape index (κ2) is 11.2. The summed E-state index contributed by atoms with van der Waals surface area (Å²) in [4.78, 5) is 9.78. The lowest BCUT2D eigenvalue weighted by Crippen LogP contribution is -2.43. The van der Waals surface area contributed by atoms with Gasteiger partial charge >= 0.3 is 0 Å². The molecule has 1 aromatic carbocycles. The van der Waals surface area contributed by atoms with E-state index >= 15 is 0 Å². The van der Waals surface area contributed by atoms with E-state index < -0.39 is 0 Å². The first-order valence-corrected chi connectivity index (χ1v) is 10.3. The van der Waals surface area contributed by atoms with Gasteiger partial charge in [-0.3, -0.25) is 14.8 Å². The Labute approximate surface area is 181 Å². The van der Waals surface area contributed by atoms with E-state index in [1.165, 1.54) is 43.4 Å². The van der Waals surface area contributed by atoms with Crippen LogP contribution >= 0.6 is 24.0 Å². The molecule has 3 rings (SSSR count). The molecule has 27 heavy (non-hydrogen) atoms. The SMILES string of the molecule is CCN1CCCC1CNC(N)=NCC(c1ccc(C)cc1)N1CCCC1.I. The van der Waals surface area contributed by atoms with E-state index in [-0.39, 0.29) is 24.0 Å². The third-order valence-electron chi connectivity index (χ3n) is 5.90. The summed E-state index contributed by atoms with van der Waals surface area (Å²) in [5, 5.41) is 3.36. The lowest BCUT2D eigenvalue weighted by atomic mass is 10.0. The third kappa shape index (κ3) is 6.32. The molecule has 6 heteroatoms. The van der Waals surface area contributed by atoms with Gasteiger partial charge in [0.15, 0.2) is 5.96 Å². The largest absolute Gasteiger partial charge is 0.370 e. The lowest BCUT2D eigenvalue weighted by molar-refractivity contribution is 0.251. The van der Waals surface area contributed by atoms with Gasteiger partial charge in [0.25, 0.3) is 0 Å². The number of aryl methyl sites for hydroxylation is 1. The molecule has 3 N–H and O–H groups in total. The molecule has 0 aromatic heterocycles. The molecule has 5 nitrogen and oxygen atoms in total. The summed E-state index contributed by atoms with van der Waals surface area (Å²) < 4.78 is 0. The molecule has 2 saturated heterocycles. The second-order valence-electron chi connectivity index (χ2n) is 7.70. The molecular weight excluding hydrogens is 449 g/mol. The molecule has 2 heterocycles. The van der Waals surface area contributed by atoms with Crippen LogP contribution in [0.5, 0.6) is 0 Å². The monoisotopic (exact) mass is 485 g/mol. The number of likely N-dealkylation sites (tertiary alicyclic amines) is 2. The van der Waals surface area contributed by atoms with Crippen LogP contribution in [0, 0.1) is 6.92 Å². The maximum atomic E-state index is 6.19. The Morgan fingerprint density at radius 3 is 2.56 bits per heavy atom. The number of hydrogen-bond donors (Lipinski definition) is 2. The molecule has 1 aromatic rings. The predicted octanol–water partition coefficient (Wildman–Crippen LogP) is 3.14. The summed E-state index contributed by atoms with van der Waals surface area (Å²) in [5.74, 6) is 0.587. The zero-order valence-electron chi connectivity index (χ0n) is 16.9. The highest BCUT2D eigenvalue weighted by Crippen LogP contribution is 2.25. The predicted molar refractivity (Wildman–Crippen MR) is 125 cm³/mol. The minimum Gasteiger partial charge on any atom is -0.370 e. The number of nitrogens with two attached hydrogens (primary N) is 1. The number of guanidine groups is 1. The molecule has 2 unspecified atom stereocenters. The molecule has 0 amide bonds. The Morgan fingerprint density at radius 1 is 1.19 bits per heavy atom. The number of nitrogens with one attached hydrogen (secondary N) is 1. The van der Waals surface area contributed by atoms with Gasteiger partial charge in [-0.25, -0.2) is 0 Å². The number of rotatable bonds is 7. The van der Waals surface area contributed by atoms with Crippen LogP contribution in [0.25, 0.3) is 0 Å².